The number of hydrogen-bond donors (Lipinski definition) is 1. The van der Waals surface area contributed by atoms with Crippen LogP contribution in [0.2, 0.25) is 0 Å². The molecule has 1 saturated heterocycles. The Morgan fingerprint density at radius 3 is 2.50 bits per heavy atom. The number of carbonyl (C=O) groups excluding carboxylic acids is 1. The first-order valence-electron chi connectivity index (χ1n) is 10.2. The predicted molar refractivity (Wildman–Crippen MR) is 113 cm³/mol. The second kappa shape index (κ2) is 9.91. The van der Waals surface area contributed by atoms with Gasteiger partial charge in [0.1, 0.15) is 5.75 Å². The van der Waals surface area contributed by atoms with Crippen LogP contribution in [0, 0.1) is 0 Å². The van der Waals surface area contributed by atoms with Crippen molar-refractivity contribution in [3.63, 3.8) is 0 Å². The lowest BCUT2D eigenvalue weighted by molar-refractivity contribution is -0.137. The fraction of sp³-hybridized carbons (Fsp3) is 0.409. The van der Waals surface area contributed by atoms with Gasteiger partial charge in [-0.3, -0.25) is 4.79 Å². The average molecular weight is 471 g/mol. The maximum absolute atomic E-state index is 12.8. The van der Waals surface area contributed by atoms with Crippen LogP contribution in [-0.2, 0) is 34.0 Å². The van der Waals surface area contributed by atoms with Crippen LogP contribution in [0.5, 0.6) is 5.75 Å². The topological polar surface area (TPSA) is 75.7 Å². The van der Waals surface area contributed by atoms with Crippen LogP contribution in [0.1, 0.15) is 36.0 Å². The number of rotatable bonds is 8. The third-order valence-corrected chi connectivity index (χ3v) is 7.21. The van der Waals surface area contributed by atoms with Crippen molar-refractivity contribution in [3.05, 3.63) is 59.2 Å². The Bertz CT molecular complexity index is 1070. The highest BCUT2D eigenvalue weighted by Gasteiger charge is 2.30. The molecule has 1 fully saturated rings. The molecule has 10 heteroatoms. The molecule has 1 heterocycles. The Balaban J connectivity index is 1.64. The van der Waals surface area contributed by atoms with Gasteiger partial charge in [0.15, 0.2) is 0 Å². The van der Waals surface area contributed by atoms with Crippen LogP contribution in [-0.4, -0.2) is 38.8 Å². The number of alkyl halides is 3. The van der Waals surface area contributed by atoms with Gasteiger partial charge >= 0.3 is 6.18 Å². The van der Waals surface area contributed by atoms with Crippen LogP contribution < -0.4 is 10.1 Å². The molecule has 2 aromatic carbocycles. The van der Waals surface area contributed by atoms with E-state index in [1.54, 1.807) is 6.07 Å². The maximum Gasteiger partial charge on any atom is 0.416 e. The Kier molecular flexibility index (Phi) is 7.45. The molecule has 0 aliphatic carbocycles. The van der Waals surface area contributed by atoms with Gasteiger partial charge in [-0.05, 0) is 60.7 Å². The summed E-state index contributed by atoms with van der Waals surface area (Å²) in [6, 6.07) is 9.35. The van der Waals surface area contributed by atoms with Gasteiger partial charge in [0.05, 0.1) is 17.6 Å². The van der Waals surface area contributed by atoms with Gasteiger partial charge in [-0.2, -0.15) is 17.5 Å². The molecule has 0 bridgehead atoms. The number of benzene rings is 2. The van der Waals surface area contributed by atoms with Crippen molar-refractivity contribution in [2.24, 2.45) is 0 Å². The summed E-state index contributed by atoms with van der Waals surface area (Å²) in [5, 5.41) is 2.60. The summed E-state index contributed by atoms with van der Waals surface area (Å²) < 4.78 is 70.8. The number of aryl methyl sites for hydroxylation is 1. The summed E-state index contributed by atoms with van der Waals surface area (Å²) in [7, 11) is -2.14. The van der Waals surface area contributed by atoms with Gasteiger partial charge in [-0.15, -0.1) is 0 Å². The Labute approximate surface area is 185 Å². The van der Waals surface area contributed by atoms with Crippen molar-refractivity contribution >= 4 is 15.9 Å². The van der Waals surface area contributed by atoms with E-state index in [4.69, 9.17) is 4.74 Å². The summed E-state index contributed by atoms with van der Waals surface area (Å²) in [6.07, 6.45) is -2.54. The molecule has 1 N–H and O–H groups in total. The van der Waals surface area contributed by atoms with E-state index >= 15 is 0 Å². The van der Waals surface area contributed by atoms with Gasteiger partial charge in [0.25, 0.3) is 0 Å². The van der Waals surface area contributed by atoms with E-state index < -0.39 is 21.8 Å². The molecule has 6 nitrogen and oxygen atoms in total. The van der Waals surface area contributed by atoms with E-state index in [9.17, 15) is 26.4 Å². The second-order valence-corrected chi connectivity index (χ2v) is 9.50. The van der Waals surface area contributed by atoms with Crippen molar-refractivity contribution in [2.75, 3.05) is 20.2 Å². The maximum atomic E-state index is 12.8. The molecule has 174 valence electrons. The number of amides is 1. The molecule has 1 amide bonds. The van der Waals surface area contributed by atoms with Gasteiger partial charge < -0.3 is 10.1 Å². The fourth-order valence-corrected chi connectivity index (χ4v) is 5.15. The van der Waals surface area contributed by atoms with Gasteiger partial charge in [0.2, 0.25) is 15.9 Å². The minimum Gasteiger partial charge on any atom is -0.496 e. The molecule has 0 radical (unpaired) electrons. The third-order valence-electron chi connectivity index (χ3n) is 5.32. The number of sulfonamides is 1. The van der Waals surface area contributed by atoms with Gasteiger partial charge in [-0.1, -0.05) is 12.1 Å². The summed E-state index contributed by atoms with van der Waals surface area (Å²) in [6.45, 7) is 0.937. The van der Waals surface area contributed by atoms with Crippen molar-refractivity contribution in [3.8, 4) is 5.75 Å². The quantitative estimate of drug-likeness (QED) is 0.638. The molecule has 1 aliphatic rings. The van der Waals surface area contributed by atoms with Crippen molar-refractivity contribution < 1.29 is 31.1 Å². The molecule has 0 atom stereocenters. The van der Waals surface area contributed by atoms with Crippen LogP contribution >= 0.6 is 0 Å². The molecule has 32 heavy (non-hydrogen) atoms. The summed E-state index contributed by atoms with van der Waals surface area (Å²) >= 11 is 0. The molecule has 0 saturated carbocycles. The third kappa shape index (κ3) is 5.80. The normalized spacial score (nSPS) is 15.0. The number of ether oxygens (including phenoxy) is 1. The van der Waals surface area contributed by atoms with Crippen LogP contribution in [0.15, 0.2) is 47.4 Å². The number of carbonyl (C=O) groups is 1. The molecule has 3 rings (SSSR count). The first-order chi connectivity index (χ1) is 15.1. The van der Waals surface area contributed by atoms with Crippen molar-refractivity contribution in [1.29, 1.82) is 0 Å². The Morgan fingerprint density at radius 2 is 1.84 bits per heavy atom. The highest BCUT2D eigenvalue weighted by atomic mass is 32.2. The first-order valence-corrected chi connectivity index (χ1v) is 11.6. The molecule has 2 aromatic rings. The van der Waals surface area contributed by atoms with Crippen LogP contribution in [0.3, 0.4) is 0 Å². The number of hydrogen-bond acceptors (Lipinski definition) is 4. The summed E-state index contributed by atoms with van der Waals surface area (Å²) in [4.78, 5) is 12.4. The smallest absolute Gasteiger partial charge is 0.416 e. The first kappa shape index (κ1) is 24.1. The number of nitrogens with zero attached hydrogens (tertiary/aromatic N) is 1. The van der Waals surface area contributed by atoms with E-state index in [1.165, 1.54) is 35.7 Å². The predicted octanol–water partition coefficient (Wildman–Crippen LogP) is 3.75. The highest BCUT2D eigenvalue weighted by molar-refractivity contribution is 7.89. The monoisotopic (exact) mass is 470 g/mol. The lowest BCUT2D eigenvalue weighted by Crippen LogP contribution is -2.28. The van der Waals surface area contributed by atoms with E-state index in [-0.39, 0.29) is 30.2 Å². The zero-order valence-electron chi connectivity index (χ0n) is 17.6. The van der Waals surface area contributed by atoms with Gasteiger partial charge in [0, 0.05) is 26.1 Å². The number of nitrogens with one attached hydrogen (secondary N) is 1. The van der Waals surface area contributed by atoms with E-state index in [2.05, 4.69) is 5.32 Å². The lowest BCUT2D eigenvalue weighted by atomic mass is 10.1. The largest absolute Gasteiger partial charge is 0.496 e. The van der Waals surface area contributed by atoms with E-state index in [1.807, 2.05) is 0 Å². The molecule has 0 unspecified atom stereocenters. The average Bonchev–Trinajstić information content (AvgIpc) is 3.31. The van der Waals surface area contributed by atoms with Gasteiger partial charge in [-0.25, -0.2) is 8.42 Å². The molecular weight excluding hydrogens is 445 g/mol. The lowest BCUT2D eigenvalue weighted by Gasteiger charge is -2.17. The number of methoxy groups -OCH3 is 1. The minimum absolute atomic E-state index is 0.0303. The number of halogens is 3. The van der Waals surface area contributed by atoms with Crippen LogP contribution in [0.4, 0.5) is 13.2 Å². The standard InChI is InChI=1S/C22H25F3N2O4S/c1-31-20-9-8-19(32(29,30)27-11-2-3-12-27)14-17(20)7-10-21(28)26-15-16-5-4-6-18(13-16)22(23,24)25/h4-6,8-9,13-14H,2-3,7,10-12,15H2,1H3,(H,26,28). The van der Waals surface area contributed by atoms with Crippen molar-refractivity contribution in [2.45, 2.75) is 43.3 Å². The SMILES string of the molecule is COc1ccc(S(=O)(=O)N2CCCC2)cc1CCC(=O)NCc1cccc(C(F)(F)F)c1. The van der Waals surface area contributed by atoms with Crippen molar-refractivity contribution in [1.82, 2.24) is 9.62 Å². The Morgan fingerprint density at radius 1 is 1.12 bits per heavy atom. The molecular formula is C22H25F3N2O4S. The molecule has 1 aliphatic heterocycles. The summed E-state index contributed by atoms with van der Waals surface area (Å²) in [5.74, 6) is 0.105. The van der Waals surface area contributed by atoms with E-state index in [0.717, 1.165) is 25.0 Å². The summed E-state index contributed by atoms with van der Waals surface area (Å²) in [5.41, 5.74) is 0.136. The molecule has 0 aromatic heterocycles. The van der Waals surface area contributed by atoms with Crippen LogP contribution in [0.25, 0.3) is 0 Å². The second-order valence-electron chi connectivity index (χ2n) is 7.56. The minimum atomic E-state index is -4.45. The zero-order valence-corrected chi connectivity index (χ0v) is 18.4. The van der Waals surface area contributed by atoms with E-state index in [0.29, 0.717) is 30.0 Å². The zero-order chi connectivity index (χ0) is 23.4. The highest BCUT2D eigenvalue weighted by Crippen LogP contribution is 2.30. The Hall–Kier alpha value is -2.59. The molecule has 0 spiro atoms. The fourth-order valence-electron chi connectivity index (χ4n) is 3.58.